The van der Waals surface area contributed by atoms with Crippen molar-refractivity contribution in [3.8, 4) is 0 Å². The highest BCUT2D eigenvalue weighted by Crippen LogP contribution is 2.24. The molecule has 1 atom stereocenters. The lowest BCUT2D eigenvalue weighted by Gasteiger charge is -2.23. The minimum atomic E-state index is 0.241. The Kier molecular flexibility index (Phi) is 5.40. The standard InChI is InChI=1S/C17H29N/c1-7-16(8-2)18-13(3)14-9-11-15(12-10-14)17(4,5)6/h9-13,16,18H,7-8H2,1-6H3. The molecule has 0 bridgehead atoms. The van der Waals surface area contributed by atoms with E-state index < -0.39 is 0 Å². The first kappa shape index (κ1) is 15.2. The number of rotatable bonds is 5. The van der Waals surface area contributed by atoms with E-state index in [1.54, 1.807) is 0 Å². The molecule has 0 aliphatic carbocycles. The summed E-state index contributed by atoms with van der Waals surface area (Å²) in [6.07, 6.45) is 2.39. The second-order valence-corrected chi connectivity index (χ2v) is 6.27. The Balaban J connectivity index is 2.73. The summed E-state index contributed by atoms with van der Waals surface area (Å²) in [4.78, 5) is 0. The Morgan fingerprint density at radius 2 is 1.50 bits per heavy atom. The van der Waals surface area contributed by atoms with Gasteiger partial charge in [0, 0.05) is 12.1 Å². The Bertz CT molecular complexity index is 341. The fourth-order valence-electron chi connectivity index (χ4n) is 2.25. The quantitative estimate of drug-likeness (QED) is 0.786. The van der Waals surface area contributed by atoms with Crippen molar-refractivity contribution in [1.29, 1.82) is 0 Å². The van der Waals surface area contributed by atoms with Crippen molar-refractivity contribution < 1.29 is 0 Å². The molecule has 1 heteroatoms. The maximum Gasteiger partial charge on any atom is 0.0294 e. The van der Waals surface area contributed by atoms with Crippen LogP contribution >= 0.6 is 0 Å². The summed E-state index contributed by atoms with van der Waals surface area (Å²) in [7, 11) is 0. The second kappa shape index (κ2) is 6.38. The SMILES string of the molecule is CCC(CC)NC(C)c1ccc(C(C)(C)C)cc1. The van der Waals surface area contributed by atoms with Crippen LogP contribution in [0.5, 0.6) is 0 Å². The van der Waals surface area contributed by atoms with E-state index in [1.807, 2.05) is 0 Å². The highest BCUT2D eigenvalue weighted by atomic mass is 14.9. The molecule has 1 nitrogen and oxygen atoms in total. The maximum atomic E-state index is 3.69. The topological polar surface area (TPSA) is 12.0 Å². The van der Waals surface area contributed by atoms with Gasteiger partial charge in [-0.1, -0.05) is 58.9 Å². The van der Waals surface area contributed by atoms with Gasteiger partial charge in [-0.25, -0.2) is 0 Å². The van der Waals surface area contributed by atoms with Crippen LogP contribution < -0.4 is 5.32 Å². The van der Waals surface area contributed by atoms with E-state index >= 15 is 0 Å². The average molecular weight is 247 g/mol. The number of hydrogen-bond acceptors (Lipinski definition) is 1. The number of hydrogen-bond donors (Lipinski definition) is 1. The highest BCUT2D eigenvalue weighted by molar-refractivity contribution is 5.29. The molecule has 0 spiro atoms. The van der Waals surface area contributed by atoms with Gasteiger partial charge in [0.1, 0.15) is 0 Å². The van der Waals surface area contributed by atoms with Crippen molar-refractivity contribution in [3.05, 3.63) is 35.4 Å². The third-order valence-electron chi connectivity index (χ3n) is 3.75. The largest absolute Gasteiger partial charge is 0.307 e. The van der Waals surface area contributed by atoms with Crippen molar-refractivity contribution >= 4 is 0 Å². The van der Waals surface area contributed by atoms with Gasteiger partial charge in [-0.2, -0.15) is 0 Å². The summed E-state index contributed by atoms with van der Waals surface area (Å²) in [5.74, 6) is 0. The molecule has 1 N–H and O–H groups in total. The predicted octanol–water partition coefficient (Wildman–Crippen LogP) is 4.82. The fraction of sp³-hybridized carbons (Fsp3) is 0.647. The lowest BCUT2D eigenvalue weighted by atomic mass is 9.86. The molecule has 1 unspecified atom stereocenters. The summed E-state index contributed by atoms with van der Waals surface area (Å²) in [5, 5.41) is 3.69. The van der Waals surface area contributed by atoms with Gasteiger partial charge in [-0.15, -0.1) is 0 Å². The molecular formula is C17H29N. The fourth-order valence-corrected chi connectivity index (χ4v) is 2.25. The molecule has 0 fully saturated rings. The van der Waals surface area contributed by atoms with Crippen LogP contribution in [0.2, 0.25) is 0 Å². The van der Waals surface area contributed by atoms with Crippen molar-refractivity contribution in [1.82, 2.24) is 5.32 Å². The van der Waals surface area contributed by atoms with E-state index in [4.69, 9.17) is 0 Å². The summed E-state index contributed by atoms with van der Waals surface area (Å²) < 4.78 is 0. The van der Waals surface area contributed by atoms with Crippen LogP contribution in [0.15, 0.2) is 24.3 Å². The minimum absolute atomic E-state index is 0.241. The van der Waals surface area contributed by atoms with Gasteiger partial charge in [0.2, 0.25) is 0 Å². The van der Waals surface area contributed by atoms with Crippen LogP contribution in [0.1, 0.15) is 71.6 Å². The number of nitrogens with one attached hydrogen (secondary N) is 1. The molecular weight excluding hydrogens is 218 g/mol. The normalized spacial score (nSPS) is 13.9. The average Bonchev–Trinajstić information content (AvgIpc) is 2.34. The van der Waals surface area contributed by atoms with E-state index in [0.29, 0.717) is 12.1 Å². The van der Waals surface area contributed by atoms with Crippen LogP contribution in [0, 0.1) is 0 Å². The van der Waals surface area contributed by atoms with Gasteiger partial charge in [-0.3, -0.25) is 0 Å². The van der Waals surface area contributed by atoms with Crippen molar-refractivity contribution in [3.63, 3.8) is 0 Å². The van der Waals surface area contributed by atoms with E-state index in [0.717, 1.165) is 0 Å². The molecule has 0 aliphatic rings. The van der Waals surface area contributed by atoms with Gasteiger partial charge >= 0.3 is 0 Å². The molecule has 18 heavy (non-hydrogen) atoms. The highest BCUT2D eigenvalue weighted by Gasteiger charge is 2.14. The molecule has 0 aromatic heterocycles. The zero-order valence-electron chi connectivity index (χ0n) is 12.9. The zero-order chi connectivity index (χ0) is 13.8. The lowest BCUT2D eigenvalue weighted by Crippen LogP contribution is -2.30. The van der Waals surface area contributed by atoms with E-state index in [-0.39, 0.29) is 5.41 Å². The second-order valence-electron chi connectivity index (χ2n) is 6.27. The molecule has 102 valence electrons. The Hall–Kier alpha value is -0.820. The predicted molar refractivity (Wildman–Crippen MR) is 81.1 cm³/mol. The summed E-state index contributed by atoms with van der Waals surface area (Å²) in [6, 6.07) is 10.1. The van der Waals surface area contributed by atoms with Crippen LogP contribution in [0.4, 0.5) is 0 Å². The van der Waals surface area contributed by atoms with Crippen molar-refractivity contribution in [2.75, 3.05) is 0 Å². The molecule has 1 rings (SSSR count). The van der Waals surface area contributed by atoms with Gasteiger partial charge in [0.15, 0.2) is 0 Å². The van der Waals surface area contributed by atoms with Crippen LogP contribution in [0.25, 0.3) is 0 Å². The zero-order valence-corrected chi connectivity index (χ0v) is 12.9. The Morgan fingerprint density at radius 3 is 1.89 bits per heavy atom. The van der Waals surface area contributed by atoms with Gasteiger partial charge in [-0.05, 0) is 36.3 Å². The summed E-state index contributed by atoms with van der Waals surface area (Å²) >= 11 is 0. The van der Waals surface area contributed by atoms with Crippen molar-refractivity contribution in [2.45, 2.75) is 71.9 Å². The Labute approximate surface area is 113 Å². The van der Waals surface area contributed by atoms with E-state index in [2.05, 4.69) is 71.1 Å². The molecule has 0 aliphatic heterocycles. The molecule has 0 radical (unpaired) electrons. The van der Waals surface area contributed by atoms with Crippen LogP contribution in [-0.2, 0) is 5.41 Å². The monoisotopic (exact) mass is 247 g/mol. The molecule has 1 aromatic carbocycles. The summed E-state index contributed by atoms with van der Waals surface area (Å²) in [5.41, 5.74) is 3.03. The van der Waals surface area contributed by atoms with Crippen LogP contribution in [0.3, 0.4) is 0 Å². The summed E-state index contributed by atoms with van der Waals surface area (Å²) in [6.45, 7) is 13.5. The first-order valence-corrected chi connectivity index (χ1v) is 7.25. The smallest absolute Gasteiger partial charge is 0.0294 e. The maximum absolute atomic E-state index is 3.69. The minimum Gasteiger partial charge on any atom is -0.307 e. The van der Waals surface area contributed by atoms with Gasteiger partial charge < -0.3 is 5.32 Å². The van der Waals surface area contributed by atoms with Gasteiger partial charge in [0.25, 0.3) is 0 Å². The lowest BCUT2D eigenvalue weighted by molar-refractivity contribution is 0.432. The van der Waals surface area contributed by atoms with E-state index in [9.17, 15) is 0 Å². The third kappa shape index (κ3) is 4.13. The van der Waals surface area contributed by atoms with E-state index in [1.165, 1.54) is 24.0 Å². The van der Waals surface area contributed by atoms with Crippen molar-refractivity contribution in [2.24, 2.45) is 0 Å². The molecule has 1 aromatic rings. The van der Waals surface area contributed by atoms with Crippen LogP contribution in [-0.4, -0.2) is 6.04 Å². The molecule has 0 saturated carbocycles. The first-order valence-electron chi connectivity index (χ1n) is 7.25. The molecule has 0 saturated heterocycles. The molecule has 0 heterocycles. The number of benzene rings is 1. The first-order chi connectivity index (χ1) is 8.38. The van der Waals surface area contributed by atoms with Gasteiger partial charge in [0.05, 0.1) is 0 Å². The third-order valence-corrected chi connectivity index (χ3v) is 3.75. The molecule has 0 amide bonds. The Morgan fingerprint density at radius 1 is 1.00 bits per heavy atom.